The predicted octanol–water partition coefficient (Wildman–Crippen LogP) is 3.97. The van der Waals surface area contributed by atoms with Crippen LogP contribution in [0.5, 0.6) is 0 Å². The Morgan fingerprint density at radius 3 is 2.44 bits per heavy atom. The smallest absolute Gasteiger partial charge is 0.328 e. The lowest BCUT2D eigenvalue weighted by Gasteiger charge is -2.18. The second kappa shape index (κ2) is 8.04. The van der Waals surface area contributed by atoms with Crippen molar-refractivity contribution < 1.29 is 14.3 Å². The number of amides is 1. The molecule has 0 bridgehead atoms. The Morgan fingerprint density at radius 2 is 1.70 bits per heavy atom. The number of nitrogens with one attached hydrogen (secondary N) is 1. The van der Waals surface area contributed by atoms with Crippen molar-refractivity contribution >= 4 is 22.6 Å². The van der Waals surface area contributed by atoms with E-state index in [0.29, 0.717) is 12.0 Å². The van der Waals surface area contributed by atoms with Crippen LogP contribution >= 0.6 is 0 Å². The number of carbonyl (C=O) groups is 2. The molecule has 4 nitrogen and oxygen atoms in total. The Balaban J connectivity index is 1.86. The largest absolute Gasteiger partial charge is 0.467 e. The van der Waals surface area contributed by atoms with Gasteiger partial charge in [-0.25, -0.2) is 4.79 Å². The van der Waals surface area contributed by atoms with E-state index in [4.69, 9.17) is 4.74 Å². The van der Waals surface area contributed by atoms with Gasteiger partial charge in [0.2, 0.25) is 0 Å². The van der Waals surface area contributed by atoms with Gasteiger partial charge in [0.15, 0.2) is 0 Å². The Hall–Kier alpha value is -3.14. The lowest BCUT2D eigenvalue weighted by molar-refractivity contribution is -0.142. The molecule has 0 aliphatic carbocycles. The van der Waals surface area contributed by atoms with Gasteiger partial charge in [-0.3, -0.25) is 4.79 Å². The van der Waals surface area contributed by atoms with E-state index in [-0.39, 0.29) is 5.91 Å². The highest BCUT2D eigenvalue weighted by atomic mass is 16.5. The second-order valence-electron chi connectivity index (χ2n) is 6.70. The quantitative estimate of drug-likeness (QED) is 0.700. The van der Waals surface area contributed by atoms with Crippen molar-refractivity contribution in [2.24, 2.45) is 0 Å². The van der Waals surface area contributed by atoms with E-state index in [9.17, 15) is 9.59 Å². The van der Waals surface area contributed by atoms with Crippen LogP contribution in [0.3, 0.4) is 0 Å². The summed E-state index contributed by atoms with van der Waals surface area (Å²) >= 11 is 0. The maximum absolute atomic E-state index is 12.9. The summed E-state index contributed by atoms with van der Waals surface area (Å²) in [4.78, 5) is 25.1. The third kappa shape index (κ3) is 4.17. The fourth-order valence-electron chi connectivity index (χ4n) is 3.16. The molecule has 3 rings (SSSR count). The van der Waals surface area contributed by atoms with Crippen molar-refractivity contribution in [3.8, 4) is 0 Å². The van der Waals surface area contributed by atoms with Gasteiger partial charge in [0, 0.05) is 12.0 Å². The number of hydrogen-bond donors (Lipinski definition) is 1. The molecular formula is C23H23NO3. The minimum Gasteiger partial charge on any atom is -0.467 e. The Bertz CT molecular complexity index is 989. The third-order valence-corrected chi connectivity index (χ3v) is 4.84. The third-order valence-electron chi connectivity index (χ3n) is 4.84. The average Bonchev–Trinajstić information content (AvgIpc) is 2.69. The molecule has 0 unspecified atom stereocenters. The number of benzene rings is 3. The van der Waals surface area contributed by atoms with Crippen molar-refractivity contribution in [1.82, 2.24) is 5.32 Å². The van der Waals surface area contributed by atoms with Gasteiger partial charge in [0.1, 0.15) is 6.04 Å². The summed E-state index contributed by atoms with van der Waals surface area (Å²) in [6.07, 6.45) is 0.379. The highest BCUT2D eigenvalue weighted by molar-refractivity contribution is 6.08. The van der Waals surface area contributed by atoms with Crippen LogP contribution in [0.4, 0.5) is 0 Å². The minimum absolute atomic E-state index is 0.286. The Morgan fingerprint density at radius 1 is 0.963 bits per heavy atom. The fourth-order valence-corrected chi connectivity index (χ4v) is 3.16. The molecule has 0 saturated carbocycles. The van der Waals surface area contributed by atoms with Gasteiger partial charge in [-0.15, -0.1) is 0 Å². The lowest BCUT2D eigenvalue weighted by atomic mass is 10.00. The molecule has 0 radical (unpaired) electrons. The SMILES string of the molecule is COC(=O)[C@@H](Cc1ccc(C)c(C)c1)NC(=O)c1cccc2ccccc12. The van der Waals surface area contributed by atoms with Gasteiger partial charge in [-0.05, 0) is 47.4 Å². The monoisotopic (exact) mass is 361 g/mol. The summed E-state index contributed by atoms with van der Waals surface area (Å²) < 4.78 is 4.91. The summed E-state index contributed by atoms with van der Waals surface area (Å²) in [6.45, 7) is 4.07. The molecule has 1 amide bonds. The topological polar surface area (TPSA) is 55.4 Å². The molecular weight excluding hydrogens is 338 g/mol. The van der Waals surface area contributed by atoms with E-state index in [0.717, 1.165) is 21.9 Å². The molecule has 0 fully saturated rings. The van der Waals surface area contributed by atoms with E-state index in [1.165, 1.54) is 12.7 Å². The minimum atomic E-state index is -0.747. The first-order valence-electron chi connectivity index (χ1n) is 8.92. The highest BCUT2D eigenvalue weighted by Crippen LogP contribution is 2.19. The number of carbonyl (C=O) groups excluding carboxylic acids is 2. The van der Waals surface area contributed by atoms with Gasteiger partial charge in [0.25, 0.3) is 5.91 Å². The number of ether oxygens (including phenoxy) is 1. The van der Waals surface area contributed by atoms with E-state index in [1.807, 2.05) is 68.4 Å². The zero-order valence-electron chi connectivity index (χ0n) is 15.8. The number of hydrogen-bond acceptors (Lipinski definition) is 3. The van der Waals surface area contributed by atoms with Crippen LogP contribution in [0.1, 0.15) is 27.0 Å². The van der Waals surface area contributed by atoms with Crippen LogP contribution < -0.4 is 5.32 Å². The summed E-state index contributed by atoms with van der Waals surface area (Å²) in [5, 5.41) is 4.68. The second-order valence-corrected chi connectivity index (χ2v) is 6.70. The molecule has 3 aromatic carbocycles. The van der Waals surface area contributed by atoms with Gasteiger partial charge < -0.3 is 10.1 Å². The Labute approximate surface area is 159 Å². The van der Waals surface area contributed by atoms with Crippen LogP contribution in [-0.2, 0) is 16.0 Å². The number of esters is 1. The predicted molar refractivity (Wildman–Crippen MR) is 107 cm³/mol. The number of rotatable bonds is 5. The van der Waals surface area contributed by atoms with E-state index in [1.54, 1.807) is 6.07 Å². The van der Waals surface area contributed by atoms with Crippen LogP contribution in [0, 0.1) is 13.8 Å². The molecule has 0 saturated heterocycles. The van der Waals surface area contributed by atoms with E-state index in [2.05, 4.69) is 5.32 Å². The maximum Gasteiger partial charge on any atom is 0.328 e. The van der Waals surface area contributed by atoms with Gasteiger partial charge >= 0.3 is 5.97 Å². The summed E-state index contributed by atoms with van der Waals surface area (Å²) in [5.41, 5.74) is 3.86. The van der Waals surface area contributed by atoms with Crippen molar-refractivity contribution in [2.45, 2.75) is 26.3 Å². The summed E-state index contributed by atoms with van der Waals surface area (Å²) in [6, 6.07) is 18.5. The van der Waals surface area contributed by atoms with E-state index < -0.39 is 12.0 Å². The fraction of sp³-hybridized carbons (Fsp3) is 0.217. The van der Waals surface area contributed by atoms with Crippen LogP contribution in [0.25, 0.3) is 10.8 Å². The molecule has 1 atom stereocenters. The molecule has 0 aliphatic rings. The maximum atomic E-state index is 12.9. The molecule has 0 aromatic heterocycles. The molecule has 0 aliphatic heterocycles. The normalized spacial score (nSPS) is 11.8. The average molecular weight is 361 g/mol. The first-order chi connectivity index (χ1) is 13.0. The first-order valence-corrected chi connectivity index (χ1v) is 8.92. The summed E-state index contributed by atoms with van der Waals surface area (Å²) in [7, 11) is 1.33. The lowest BCUT2D eigenvalue weighted by Crippen LogP contribution is -2.43. The number of fused-ring (bicyclic) bond motifs is 1. The molecule has 4 heteroatoms. The Kier molecular flexibility index (Phi) is 5.55. The van der Waals surface area contributed by atoms with E-state index >= 15 is 0 Å². The molecule has 0 heterocycles. The number of aryl methyl sites for hydroxylation is 2. The van der Waals surface area contributed by atoms with Gasteiger partial charge in [0.05, 0.1) is 7.11 Å². The van der Waals surface area contributed by atoms with Crippen molar-refractivity contribution in [3.63, 3.8) is 0 Å². The zero-order valence-corrected chi connectivity index (χ0v) is 15.8. The summed E-state index contributed by atoms with van der Waals surface area (Å²) in [5.74, 6) is -0.743. The first kappa shape index (κ1) is 18.6. The van der Waals surface area contributed by atoms with Crippen molar-refractivity contribution in [2.75, 3.05) is 7.11 Å². The van der Waals surface area contributed by atoms with Crippen LogP contribution in [-0.4, -0.2) is 25.0 Å². The molecule has 0 spiro atoms. The van der Waals surface area contributed by atoms with Gasteiger partial charge in [-0.2, -0.15) is 0 Å². The van der Waals surface area contributed by atoms with Gasteiger partial charge in [-0.1, -0.05) is 54.6 Å². The molecule has 138 valence electrons. The van der Waals surface area contributed by atoms with Crippen LogP contribution in [0.2, 0.25) is 0 Å². The highest BCUT2D eigenvalue weighted by Gasteiger charge is 2.23. The van der Waals surface area contributed by atoms with Crippen molar-refractivity contribution in [1.29, 1.82) is 0 Å². The van der Waals surface area contributed by atoms with Crippen LogP contribution in [0.15, 0.2) is 60.7 Å². The molecule has 27 heavy (non-hydrogen) atoms. The molecule has 1 N–H and O–H groups in total. The zero-order chi connectivity index (χ0) is 19.4. The number of methoxy groups -OCH3 is 1. The molecule has 3 aromatic rings. The standard InChI is InChI=1S/C23H23NO3/c1-15-11-12-17(13-16(15)2)14-21(23(26)27-3)24-22(25)20-10-6-8-18-7-4-5-9-19(18)20/h4-13,21H,14H2,1-3H3,(H,24,25)/t21-/m1/s1. The van der Waals surface area contributed by atoms with Crippen molar-refractivity contribution in [3.05, 3.63) is 82.9 Å².